The molecule has 5 nitrogen and oxygen atoms in total. The molecule has 20 heavy (non-hydrogen) atoms. The molecule has 2 aliphatic rings. The molecule has 0 spiro atoms. The molecule has 0 saturated carbocycles. The molecule has 2 aliphatic heterocycles. The second-order valence-corrected chi connectivity index (χ2v) is 5.63. The first-order valence-electron chi connectivity index (χ1n) is 6.90. The van der Waals surface area contributed by atoms with Crippen molar-refractivity contribution < 1.29 is 13.6 Å². The molecular weight excluding hydrogens is 266 g/mol. The first kappa shape index (κ1) is 13.5. The summed E-state index contributed by atoms with van der Waals surface area (Å²) in [6.07, 6.45) is 5.31. The van der Waals surface area contributed by atoms with Crippen LogP contribution >= 0.6 is 0 Å². The smallest absolute Gasteiger partial charge is 0.333 e. The van der Waals surface area contributed by atoms with E-state index in [1.54, 1.807) is 0 Å². The Hall–Kier alpha value is -1.50. The summed E-state index contributed by atoms with van der Waals surface area (Å²) in [5.74, 6) is -0.461. The van der Waals surface area contributed by atoms with Crippen molar-refractivity contribution in [1.82, 2.24) is 20.0 Å². The van der Waals surface area contributed by atoms with Crippen molar-refractivity contribution in [3.05, 3.63) is 18.0 Å². The van der Waals surface area contributed by atoms with Crippen LogP contribution in [0, 0.1) is 0 Å². The zero-order valence-corrected chi connectivity index (χ0v) is 11.3. The van der Waals surface area contributed by atoms with E-state index in [0.717, 1.165) is 25.7 Å². The van der Waals surface area contributed by atoms with Gasteiger partial charge in [0, 0.05) is 24.3 Å². The number of amides is 1. The lowest BCUT2D eigenvalue weighted by atomic mass is 9.98. The Morgan fingerprint density at radius 2 is 2.05 bits per heavy atom. The molecule has 2 fully saturated rings. The highest BCUT2D eigenvalue weighted by Crippen LogP contribution is 2.34. The van der Waals surface area contributed by atoms with Crippen molar-refractivity contribution in [2.24, 2.45) is 0 Å². The Labute approximate surface area is 115 Å². The van der Waals surface area contributed by atoms with E-state index in [2.05, 4.69) is 22.4 Å². The van der Waals surface area contributed by atoms with Gasteiger partial charge in [0.05, 0.1) is 0 Å². The van der Waals surface area contributed by atoms with Crippen molar-refractivity contribution in [3.8, 4) is 0 Å². The van der Waals surface area contributed by atoms with Gasteiger partial charge < -0.3 is 10.2 Å². The largest absolute Gasteiger partial charge is 0.348 e. The van der Waals surface area contributed by atoms with Gasteiger partial charge in [0.1, 0.15) is 5.69 Å². The van der Waals surface area contributed by atoms with Crippen LogP contribution < -0.4 is 5.32 Å². The standard InChI is InChI=1S/C13H18F2N4O/c1-18-9-2-3-10(18)7-8(6-9)17-12(20)11-4-5-16-19(11)13(14)15/h4-5,8-10,13H,2-3,6-7H2,1H3,(H,17,20)/t9-,10-/m0/s1. The van der Waals surface area contributed by atoms with Crippen LogP contribution in [0.5, 0.6) is 0 Å². The monoisotopic (exact) mass is 284 g/mol. The maximum atomic E-state index is 12.7. The van der Waals surface area contributed by atoms with E-state index in [-0.39, 0.29) is 11.7 Å². The van der Waals surface area contributed by atoms with Crippen molar-refractivity contribution in [3.63, 3.8) is 0 Å². The minimum atomic E-state index is -2.79. The van der Waals surface area contributed by atoms with Crippen LogP contribution in [-0.4, -0.2) is 45.8 Å². The summed E-state index contributed by atoms with van der Waals surface area (Å²) < 4.78 is 25.9. The lowest BCUT2D eigenvalue weighted by molar-refractivity contribution is 0.0501. The normalized spacial score (nSPS) is 29.9. The molecule has 0 radical (unpaired) electrons. The minimum Gasteiger partial charge on any atom is -0.348 e. The average Bonchev–Trinajstić information content (AvgIpc) is 2.94. The second kappa shape index (κ2) is 5.12. The number of hydrogen-bond acceptors (Lipinski definition) is 3. The zero-order valence-electron chi connectivity index (χ0n) is 11.3. The third kappa shape index (κ3) is 2.30. The Balaban J connectivity index is 1.66. The molecule has 1 aromatic rings. The molecule has 0 unspecified atom stereocenters. The predicted octanol–water partition coefficient (Wildman–Crippen LogP) is 1.63. The highest BCUT2D eigenvalue weighted by molar-refractivity contribution is 5.92. The summed E-state index contributed by atoms with van der Waals surface area (Å²) >= 11 is 0. The molecular formula is C13H18F2N4O. The lowest BCUT2D eigenvalue weighted by Crippen LogP contribution is -2.49. The highest BCUT2D eigenvalue weighted by Gasteiger charge is 2.39. The number of fused-ring (bicyclic) bond motifs is 2. The Kier molecular flexibility index (Phi) is 3.45. The van der Waals surface area contributed by atoms with Gasteiger partial charge in [-0.15, -0.1) is 0 Å². The summed E-state index contributed by atoms with van der Waals surface area (Å²) in [5, 5.41) is 6.36. The van der Waals surface area contributed by atoms with Gasteiger partial charge >= 0.3 is 6.55 Å². The molecule has 3 heterocycles. The van der Waals surface area contributed by atoms with Crippen molar-refractivity contribution in [1.29, 1.82) is 0 Å². The molecule has 110 valence electrons. The van der Waals surface area contributed by atoms with Gasteiger partial charge in [-0.1, -0.05) is 0 Å². The van der Waals surface area contributed by atoms with E-state index < -0.39 is 12.5 Å². The molecule has 1 aromatic heterocycles. The van der Waals surface area contributed by atoms with Crippen LogP contribution in [0.4, 0.5) is 8.78 Å². The molecule has 2 atom stereocenters. The van der Waals surface area contributed by atoms with Crippen LogP contribution in [0.15, 0.2) is 12.3 Å². The fourth-order valence-corrected chi connectivity index (χ4v) is 3.44. The van der Waals surface area contributed by atoms with E-state index >= 15 is 0 Å². The fourth-order valence-electron chi connectivity index (χ4n) is 3.44. The molecule has 1 N–H and O–H groups in total. The summed E-state index contributed by atoms with van der Waals surface area (Å²) in [5.41, 5.74) is -0.0775. The van der Waals surface area contributed by atoms with Gasteiger partial charge in [-0.3, -0.25) is 4.79 Å². The van der Waals surface area contributed by atoms with Gasteiger partial charge in [-0.25, -0.2) is 0 Å². The molecule has 0 aromatic carbocycles. The molecule has 2 saturated heterocycles. The summed E-state index contributed by atoms with van der Waals surface area (Å²) in [6, 6.07) is 2.39. The highest BCUT2D eigenvalue weighted by atomic mass is 19.3. The van der Waals surface area contributed by atoms with Crippen LogP contribution in [-0.2, 0) is 0 Å². The lowest BCUT2D eigenvalue weighted by Gasteiger charge is -2.36. The van der Waals surface area contributed by atoms with Gasteiger partial charge in [0.25, 0.3) is 5.91 Å². The average molecular weight is 284 g/mol. The van der Waals surface area contributed by atoms with Crippen molar-refractivity contribution in [2.45, 2.75) is 50.4 Å². The number of halogens is 2. The van der Waals surface area contributed by atoms with Gasteiger partial charge in [0.15, 0.2) is 0 Å². The third-order valence-electron chi connectivity index (χ3n) is 4.52. The number of carbonyl (C=O) groups is 1. The first-order valence-corrected chi connectivity index (χ1v) is 6.90. The van der Waals surface area contributed by atoms with Gasteiger partial charge in [-0.05, 0) is 38.8 Å². The SMILES string of the molecule is CN1[C@H]2CC[C@H]1CC(NC(=O)c1ccnn1C(F)F)C2. The number of rotatable bonds is 3. The number of alkyl halides is 2. The van der Waals surface area contributed by atoms with Crippen LogP contribution in [0.2, 0.25) is 0 Å². The molecule has 3 rings (SSSR count). The van der Waals surface area contributed by atoms with Crippen LogP contribution in [0.3, 0.4) is 0 Å². The first-order chi connectivity index (χ1) is 9.56. The molecule has 0 aliphatic carbocycles. The molecule has 2 bridgehead atoms. The number of hydrogen-bond donors (Lipinski definition) is 1. The van der Waals surface area contributed by atoms with Crippen LogP contribution in [0.1, 0.15) is 42.7 Å². The summed E-state index contributed by atoms with van der Waals surface area (Å²) in [4.78, 5) is 14.5. The Bertz CT molecular complexity index is 490. The minimum absolute atomic E-state index is 0.0669. The number of carbonyl (C=O) groups excluding carboxylic acids is 1. The maximum absolute atomic E-state index is 12.7. The number of nitrogens with zero attached hydrogens (tertiary/aromatic N) is 3. The Morgan fingerprint density at radius 3 is 2.65 bits per heavy atom. The van der Waals surface area contributed by atoms with Crippen LogP contribution in [0.25, 0.3) is 0 Å². The quantitative estimate of drug-likeness (QED) is 0.918. The molecule has 7 heteroatoms. The third-order valence-corrected chi connectivity index (χ3v) is 4.52. The summed E-state index contributed by atoms with van der Waals surface area (Å²) in [7, 11) is 2.12. The summed E-state index contributed by atoms with van der Waals surface area (Å²) in [6.45, 7) is -2.79. The number of aromatic nitrogens is 2. The van der Waals surface area contributed by atoms with E-state index in [1.807, 2.05) is 0 Å². The molecule has 1 amide bonds. The van der Waals surface area contributed by atoms with Crippen molar-refractivity contribution in [2.75, 3.05) is 7.05 Å². The fraction of sp³-hybridized carbons (Fsp3) is 0.692. The van der Waals surface area contributed by atoms with E-state index in [0.29, 0.717) is 16.8 Å². The van der Waals surface area contributed by atoms with Gasteiger partial charge in [0.2, 0.25) is 0 Å². The zero-order chi connectivity index (χ0) is 14.3. The van der Waals surface area contributed by atoms with E-state index in [4.69, 9.17) is 0 Å². The topological polar surface area (TPSA) is 50.2 Å². The Morgan fingerprint density at radius 1 is 1.40 bits per heavy atom. The van der Waals surface area contributed by atoms with E-state index in [1.165, 1.54) is 12.3 Å². The predicted molar refractivity (Wildman–Crippen MR) is 68.5 cm³/mol. The maximum Gasteiger partial charge on any atom is 0.333 e. The van der Waals surface area contributed by atoms with Crippen molar-refractivity contribution >= 4 is 5.91 Å². The second-order valence-electron chi connectivity index (χ2n) is 5.63. The number of nitrogens with one attached hydrogen (secondary N) is 1. The van der Waals surface area contributed by atoms with E-state index in [9.17, 15) is 13.6 Å². The number of piperidine rings is 1. The van der Waals surface area contributed by atoms with Gasteiger partial charge in [-0.2, -0.15) is 18.6 Å².